The summed E-state index contributed by atoms with van der Waals surface area (Å²) in [5.74, 6) is 1.79. The average Bonchev–Trinajstić information content (AvgIpc) is 2.63. The molecule has 2 fully saturated rings. The van der Waals surface area contributed by atoms with Crippen LogP contribution >= 0.6 is 0 Å². The monoisotopic (exact) mass is 330 g/mol. The third-order valence-electron chi connectivity index (χ3n) is 5.24. The van der Waals surface area contributed by atoms with Gasteiger partial charge in [-0.2, -0.15) is 0 Å². The predicted molar refractivity (Wildman–Crippen MR) is 91.7 cm³/mol. The van der Waals surface area contributed by atoms with Gasteiger partial charge < -0.3 is 15.0 Å². The third kappa shape index (κ3) is 3.89. The molecule has 1 N–H and O–H groups in total. The minimum atomic E-state index is -0.0338. The summed E-state index contributed by atoms with van der Waals surface area (Å²) < 4.78 is 5.44. The average molecular weight is 330 g/mol. The summed E-state index contributed by atoms with van der Waals surface area (Å²) in [6.07, 6.45) is 4.23. The largest absolute Gasteiger partial charge is 0.496 e. The first-order chi connectivity index (χ1) is 11.7. The van der Waals surface area contributed by atoms with Gasteiger partial charge in [0.15, 0.2) is 0 Å². The number of piperidine rings is 2. The molecule has 0 bridgehead atoms. The number of methoxy groups -OCH3 is 1. The number of carbonyl (C=O) groups excluding carboxylic acids is 2. The van der Waals surface area contributed by atoms with Crippen molar-refractivity contribution in [2.75, 3.05) is 26.7 Å². The summed E-state index contributed by atoms with van der Waals surface area (Å²) in [6.45, 7) is 2.14. The molecule has 1 aromatic carbocycles. The highest BCUT2D eigenvalue weighted by Gasteiger charge is 2.30. The van der Waals surface area contributed by atoms with Crippen LogP contribution in [0, 0.1) is 11.8 Å². The van der Waals surface area contributed by atoms with Gasteiger partial charge >= 0.3 is 0 Å². The van der Waals surface area contributed by atoms with Crippen molar-refractivity contribution in [1.82, 2.24) is 10.2 Å². The maximum atomic E-state index is 12.6. The molecule has 2 aliphatic rings. The number of carbonyl (C=O) groups is 2. The van der Waals surface area contributed by atoms with Crippen molar-refractivity contribution in [1.29, 1.82) is 0 Å². The third-order valence-corrected chi connectivity index (χ3v) is 5.24. The highest BCUT2D eigenvalue weighted by molar-refractivity contribution is 5.83. The quantitative estimate of drug-likeness (QED) is 0.919. The zero-order valence-corrected chi connectivity index (χ0v) is 14.3. The van der Waals surface area contributed by atoms with Gasteiger partial charge in [-0.3, -0.25) is 9.59 Å². The van der Waals surface area contributed by atoms with Gasteiger partial charge in [0, 0.05) is 26.1 Å². The van der Waals surface area contributed by atoms with Gasteiger partial charge in [0.05, 0.1) is 13.0 Å². The van der Waals surface area contributed by atoms with Crippen molar-refractivity contribution in [2.45, 2.75) is 32.1 Å². The molecule has 2 aliphatic heterocycles. The van der Waals surface area contributed by atoms with Crippen LogP contribution in [0.5, 0.6) is 5.75 Å². The van der Waals surface area contributed by atoms with Crippen LogP contribution in [-0.2, 0) is 16.0 Å². The fourth-order valence-corrected chi connectivity index (χ4v) is 3.74. The van der Waals surface area contributed by atoms with E-state index in [0.717, 1.165) is 38.1 Å². The Morgan fingerprint density at radius 1 is 1.25 bits per heavy atom. The van der Waals surface area contributed by atoms with E-state index in [1.165, 1.54) is 5.56 Å². The zero-order chi connectivity index (χ0) is 16.9. The topological polar surface area (TPSA) is 58.6 Å². The van der Waals surface area contributed by atoms with Crippen LogP contribution in [0.2, 0.25) is 0 Å². The number of rotatable bonds is 4. The molecule has 5 heteroatoms. The van der Waals surface area contributed by atoms with E-state index in [-0.39, 0.29) is 17.7 Å². The van der Waals surface area contributed by atoms with Gasteiger partial charge in [-0.15, -0.1) is 0 Å². The molecule has 0 aliphatic carbocycles. The molecule has 0 radical (unpaired) electrons. The fourth-order valence-electron chi connectivity index (χ4n) is 3.74. The van der Waals surface area contributed by atoms with Crippen LogP contribution < -0.4 is 10.1 Å². The Hall–Kier alpha value is -2.04. The summed E-state index contributed by atoms with van der Waals surface area (Å²) in [5, 5.41) is 2.81. The van der Waals surface area contributed by atoms with Crippen molar-refractivity contribution in [3.05, 3.63) is 29.8 Å². The lowest BCUT2D eigenvalue weighted by Gasteiger charge is -2.35. The van der Waals surface area contributed by atoms with Gasteiger partial charge in [0.2, 0.25) is 11.8 Å². The number of likely N-dealkylation sites (tertiary alicyclic amines) is 1. The number of hydrogen-bond donors (Lipinski definition) is 1. The van der Waals surface area contributed by atoms with E-state index in [9.17, 15) is 9.59 Å². The number of nitrogens with zero attached hydrogens (tertiary/aromatic N) is 1. The first kappa shape index (κ1) is 16.8. The molecule has 1 unspecified atom stereocenters. The molecule has 2 amide bonds. The first-order valence-corrected chi connectivity index (χ1v) is 8.84. The van der Waals surface area contributed by atoms with Crippen molar-refractivity contribution < 1.29 is 14.3 Å². The number of hydrogen-bond acceptors (Lipinski definition) is 3. The van der Waals surface area contributed by atoms with Crippen molar-refractivity contribution >= 4 is 11.8 Å². The highest BCUT2D eigenvalue weighted by atomic mass is 16.5. The number of amides is 2. The maximum absolute atomic E-state index is 12.6. The van der Waals surface area contributed by atoms with Gasteiger partial charge in [-0.05, 0) is 43.2 Å². The fraction of sp³-hybridized carbons (Fsp3) is 0.579. The van der Waals surface area contributed by atoms with E-state index in [2.05, 4.69) is 11.4 Å². The van der Waals surface area contributed by atoms with Gasteiger partial charge in [-0.1, -0.05) is 18.2 Å². The molecule has 130 valence electrons. The standard InChI is InChI=1S/C19H26N2O3/c1-24-17-5-3-2-4-15(17)12-14-8-10-21(11-9-14)19(23)16-6-7-18(22)20-13-16/h2-5,14,16H,6-13H2,1H3,(H,20,22). The lowest BCUT2D eigenvalue weighted by molar-refractivity contribution is -0.138. The molecule has 0 aromatic heterocycles. The van der Waals surface area contributed by atoms with E-state index < -0.39 is 0 Å². The Balaban J connectivity index is 1.50. The number of para-hydroxylation sites is 1. The zero-order valence-electron chi connectivity index (χ0n) is 14.3. The predicted octanol–water partition coefficient (Wildman–Crippen LogP) is 2.00. The maximum Gasteiger partial charge on any atom is 0.227 e. The normalized spacial score (nSPS) is 22.1. The summed E-state index contributed by atoms with van der Waals surface area (Å²) >= 11 is 0. The Bertz CT molecular complexity index is 584. The molecule has 3 rings (SSSR count). The van der Waals surface area contributed by atoms with E-state index in [1.54, 1.807) is 7.11 Å². The molecule has 1 atom stereocenters. The van der Waals surface area contributed by atoms with E-state index >= 15 is 0 Å². The number of nitrogens with one attached hydrogen (secondary N) is 1. The Morgan fingerprint density at radius 3 is 2.67 bits per heavy atom. The smallest absolute Gasteiger partial charge is 0.227 e. The molecular weight excluding hydrogens is 304 g/mol. The molecule has 0 spiro atoms. The first-order valence-electron chi connectivity index (χ1n) is 8.84. The summed E-state index contributed by atoms with van der Waals surface area (Å²) in [4.78, 5) is 25.8. The molecule has 2 heterocycles. The van der Waals surface area contributed by atoms with Crippen LogP contribution in [-0.4, -0.2) is 43.5 Å². The molecule has 5 nitrogen and oxygen atoms in total. The minimum Gasteiger partial charge on any atom is -0.496 e. The van der Waals surface area contributed by atoms with E-state index in [1.807, 2.05) is 23.1 Å². The molecule has 1 aromatic rings. The van der Waals surface area contributed by atoms with Gasteiger partial charge in [-0.25, -0.2) is 0 Å². The van der Waals surface area contributed by atoms with E-state index in [4.69, 9.17) is 4.74 Å². The van der Waals surface area contributed by atoms with Crippen LogP contribution in [0.4, 0.5) is 0 Å². The Kier molecular flexibility index (Phi) is 5.38. The summed E-state index contributed by atoms with van der Waals surface area (Å²) in [6, 6.07) is 8.17. The van der Waals surface area contributed by atoms with Crippen molar-refractivity contribution in [3.63, 3.8) is 0 Å². The lowest BCUT2D eigenvalue weighted by Crippen LogP contribution is -2.47. The second-order valence-corrected chi connectivity index (χ2v) is 6.82. The minimum absolute atomic E-state index is 0.0338. The molecule has 2 saturated heterocycles. The van der Waals surface area contributed by atoms with Crippen LogP contribution in [0.1, 0.15) is 31.2 Å². The van der Waals surface area contributed by atoms with Gasteiger partial charge in [0.1, 0.15) is 5.75 Å². The molecule has 0 saturated carbocycles. The SMILES string of the molecule is COc1ccccc1CC1CCN(C(=O)C2CCC(=O)NC2)CC1. The number of ether oxygens (including phenoxy) is 1. The van der Waals surface area contributed by atoms with Gasteiger partial charge in [0.25, 0.3) is 0 Å². The van der Waals surface area contributed by atoms with Crippen molar-refractivity contribution in [3.8, 4) is 5.75 Å². The number of benzene rings is 1. The second-order valence-electron chi connectivity index (χ2n) is 6.82. The van der Waals surface area contributed by atoms with Crippen LogP contribution in [0.3, 0.4) is 0 Å². The molecule has 24 heavy (non-hydrogen) atoms. The van der Waals surface area contributed by atoms with Crippen LogP contribution in [0.15, 0.2) is 24.3 Å². The van der Waals surface area contributed by atoms with Crippen LogP contribution in [0.25, 0.3) is 0 Å². The molecular formula is C19H26N2O3. The highest BCUT2D eigenvalue weighted by Crippen LogP contribution is 2.27. The Labute approximate surface area is 143 Å². The lowest BCUT2D eigenvalue weighted by atomic mass is 9.88. The Morgan fingerprint density at radius 2 is 2.00 bits per heavy atom. The van der Waals surface area contributed by atoms with E-state index in [0.29, 0.717) is 25.3 Å². The van der Waals surface area contributed by atoms with Crippen molar-refractivity contribution in [2.24, 2.45) is 11.8 Å². The summed E-state index contributed by atoms with van der Waals surface area (Å²) in [7, 11) is 1.71. The second kappa shape index (κ2) is 7.69. The summed E-state index contributed by atoms with van der Waals surface area (Å²) in [5.41, 5.74) is 1.25.